The monoisotopic (exact) mass is 588 g/mol. The zero-order chi connectivity index (χ0) is 29.8. The molecule has 0 saturated heterocycles. The number of carbonyl (C=O) groups is 2. The van der Waals surface area contributed by atoms with E-state index in [0.717, 1.165) is 35.0 Å². The third-order valence-electron chi connectivity index (χ3n) is 5.68. The van der Waals surface area contributed by atoms with Gasteiger partial charge in [0.1, 0.15) is 6.04 Å². The van der Waals surface area contributed by atoms with E-state index in [0.29, 0.717) is 6.07 Å². The summed E-state index contributed by atoms with van der Waals surface area (Å²) in [6, 6.07) is 3.66. The van der Waals surface area contributed by atoms with Gasteiger partial charge < -0.3 is 10.1 Å². The summed E-state index contributed by atoms with van der Waals surface area (Å²) in [6.07, 6.45) is -4.71. The molecule has 0 bridgehead atoms. The van der Waals surface area contributed by atoms with E-state index in [9.17, 15) is 31.5 Å². The number of nitrogens with zero attached hydrogens (tertiary/aromatic N) is 3. The zero-order valence-corrected chi connectivity index (χ0v) is 22.5. The van der Waals surface area contributed by atoms with Crippen LogP contribution in [0.5, 0.6) is 0 Å². The van der Waals surface area contributed by atoms with Crippen molar-refractivity contribution in [3.63, 3.8) is 0 Å². The van der Waals surface area contributed by atoms with Gasteiger partial charge in [0.2, 0.25) is 5.96 Å². The van der Waals surface area contributed by atoms with Gasteiger partial charge in [0.15, 0.2) is 17.5 Å². The average molecular weight is 589 g/mol. The molecule has 40 heavy (non-hydrogen) atoms. The molecule has 1 unspecified atom stereocenters. The number of guanidine groups is 1. The van der Waals surface area contributed by atoms with Crippen LogP contribution < -0.4 is 15.5 Å². The highest BCUT2D eigenvalue weighted by Gasteiger charge is 2.33. The number of anilines is 1. The van der Waals surface area contributed by atoms with E-state index < -0.39 is 47.3 Å². The van der Waals surface area contributed by atoms with Crippen LogP contribution in [0.3, 0.4) is 0 Å². The van der Waals surface area contributed by atoms with Crippen LogP contribution in [-0.2, 0) is 10.9 Å². The molecule has 0 aliphatic rings. The van der Waals surface area contributed by atoms with Gasteiger partial charge in [-0.1, -0.05) is 13.8 Å². The maximum Gasteiger partial charge on any atom is 0.416 e. The Hall–Kier alpha value is -3.62. The van der Waals surface area contributed by atoms with Gasteiger partial charge in [-0.3, -0.25) is 14.9 Å². The van der Waals surface area contributed by atoms with E-state index in [1.165, 1.54) is 7.11 Å². The molecule has 1 aromatic heterocycles. The van der Waals surface area contributed by atoms with Crippen molar-refractivity contribution in [2.45, 2.75) is 39.0 Å². The number of carbonyl (C=O) groups excluding carboxylic acids is 2. The molecule has 0 saturated carbocycles. The number of nitrogens with one attached hydrogen (secondary N) is 3. The molecule has 3 aromatic rings. The van der Waals surface area contributed by atoms with Crippen LogP contribution in [-0.4, -0.2) is 53.4 Å². The molecule has 1 heterocycles. The molecular formula is C25H26ClF5N6O3. The molecule has 0 aliphatic heterocycles. The molecule has 2 aromatic carbocycles. The van der Waals surface area contributed by atoms with Gasteiger partial charge in [-0.25, -0.2) is 18.6 Å². The number of benzene rings is 2. The number of halogens is 6. The second-order valence-corrected chi connectivity index (χ2v) is 9.37. The van der Waals surface area contributed by atoms with Crippen molar-refractivity contribution in [3.05, 3.63) is 59.2 Å². The Balaban J connectivity index is 2.10. The van der Waals surface area contributed by atoms with E-state index in [2.05, 4.69) is 25.6 Å². The van der Waals surface area contributed by atoms with Crippen molar-refractivity contribution in [2.75, 3.05) is 19.0 Å². The van der Waals surface area contributed by atoms with Crippen molar-refractivity contribution in [1.29, 1.82) is 0 Å². The average Bonchev–Trinajstić information content (AvgIpc) is 3.23. The minimum Gasteiger partial charge on any atom is -0.382 e. The molecular weight excluding hydrogens is 563 g/mol. The largest absolute Gasteiger partial charge is 0.416 e. The molecule has 9 nitrogen and oxygen atoms in total. The summed E-state index contributed by atoms with van der Waals surface area (Å²) in [5, 5.41) is 9.42. The van der Waals surface area contributed by atoms with Gasteiger partial charge in [-0.2, -0.15) is 17.9 Å². The molecule has 3 N–H and O–H groups in total. The number of rotatable bonds is 8. The molecule has 0 spiro atoms. The first-order valence-electron chi connectivity index (χ1n) is 11.9. The Morgan fingerprint density at radius 1 is 1.10 bits per heavy atom. The van der Waals surface area contributed by atoms with Crippen molar-refractivity contribution in [3.8, 4) is 0 Å². The van der Waals surface area contributed by atoms with Crippen LogP contribution in [0.2, 0.25) is 0 Å². The molecule has 0 radical (unpaired) electrons. The minimum absolute atomic E-state index is 0.0904. The first kappa shape index (κ1) is 30.9. The Bertz CT molecular complexity index is 1430. The van der Waals surface area contributed by atoms with Gasteiger partial charge in [0.05, 0.1) is 23.7 Å². The number of amides is 1. The highest BCUT2D eigenvalue weighted by molar-refractivity contribution is 6.16. The topological polar surface area (TPSA) is 110 Å². The maximum atomic E-state index is 13.7. The summed E-state index contributed by atoms with van der Waals surface area (Å²) in [5.41, 5.74) is -1.44. The lowest BCUT2D eigenvalue weighted by Crippen LogP contribution is -2.40. The SMILES string of the molecule is COC[C@H](C)N=C(NC(=O)c1ccc(F)c(F)c1)Nc1nn(C(=O)C(NCl)C(C)C)c2cc(C(F)(F)F)ccc12. The number of fused-ring (bicyclic) bond motifs is 1. The van der Waals surface area contributed by atoms with Crippen molar-refractivity contribution in [2.24, 2.45) is 10.9 Å². The first-order chi connectivity index (χ1) is 18.8. The summed E-state index contributed by atoms with van der Waals surface area (Å²) >= 11 is 5.74. The maximum absolute atomic E-state index is 13.7. The van der Waals surface area contributed by atoms with Crippen LogP contribution in [0.25, 0.3) is 10.9 Å². The Morgan fingerprint density at radius 2 is 1.80 bits per heavy atom. The fourth-order valence-corrected chi connectivity index (χ4v) is 4.01. The third-order valence-corrected chi connectivity index (χ3v) is 5.91. The first-order valence-corrected chi connectivity index (χ1v) is 12.2. The number of alkyl halides is 3. The van der Waals surface area contributed by atoms with Crippen molar-refractivity contribution in [1.82, 2.24) is 19.9 Å². The van der Waals surface area contributed by atoms with Crippen molar-refractivity contribution >= 4 is 46.3 Å². The summed E-state index contributed by atoms with van der Waals surface area (Å²) < 4.78 is 73.4. The standard InChI is InChI=1S/C25H26ClF5N6O3/c1-12(2)20(35-26)23(39)37-19-10-15(25(29,30)31)6-7-16(19)21(36-37)33-24(32-13(3)11-40-4)34-22(38)14-5-8-17(27)18(28)9-14/h5-10,12-13,20,35H,11H2,1-4H3,(H2,32,33,34,36,38)/t13-,20?/m0/s1. The summed E-state index contributed by atoms with van der Waals surface area (Å²) in [5.74, 6) is -4.72. The summed E-state index contributed by atoms with van der Waals surface area (Å²) in [7, 11) is 1.42. The number of aliphatic imine (C=N–C) groups is 1. The normalized spacial score (nSPS) is 13.9. The molecule has 2 atom stereocenters. The Kier molecular flexibility index (Phi) is 9.82. The number of hydrogen-bond acceptors (Lipinski definition) is 6. The number of methoxy groups -OCH3 is 1. The van der Waals surface area contributed by atoms with Crippen LogP contribution in [0, 0.1) is 17.6 Å². The highest BCUT2D eigenvalue weighted by atomic mass is 35.5. The van der Waals surface area contributed by atoms with Crippen LogP contribution in [0.15, 0.2) is 41.4 Å². The van der Waals surface area contributed by atoms with Crippen LogP contribution >= 0.6 is 11.8 Å². The van der Waals surface area contributed by atoms with Gasteiger partial charge in [-0.15, -0.1) is 5.10 Å². The molecule has 216 valence electrons. The predicted molar refractivity (Wildman–Crippen MR) is 139 cm³/mol. The van der Waals surface area contributed by atoms with Gasteiger partial charge in [0, 0.05) is 18.1 Å². The molecule has 15 heteroatoms. The lowest BCUT2D eigenvalue weighted by atomic mass is 10.0. The molecule has 1 amide bonds. The van der Waals surface area contributed by atoms with Gasteiger partial charge in [0.25, 0.3) is 11.8 Å². The Morgan fingerprint density at radius 3 is 2.38 bits per heavy atom. The fraction of sp³-hybridized carbons (Fsp3) is 0.360. The number of hydrogen-bond donors (Lipinski definition) is 3. The second kappa shape index (κ2) is 12.7. The van der Waals surface area contributed by atoms with Gasteiger partial charge >= 0.3 is 6.18 Å². The van der Waals surface area contributed by atoms with Crippen molar-refractivity contribution < 1.29 is 36.3 Å². The molecule has 0 aliphatic carbocycles. The Labute approximate surface area is 230 Å². The second-order valence-electron chi connectivity index (χ2n) is 9.15. The third kappa shape index (κ3) is 7.11. The van der Waals surface area contributed by atoms with E-state index in [1.807, 2.05) is 0 Å². The predicted octanol–water partition coefficient (Wildman–Crippen LogP) is 4.97. The number of ether oxygens (including phenoxy) is 1. The van der Waals surface area contributed by atoms with E-state index in [-0.39, 0.29) is 40.8 Å². The summed E-state index contributed by atoms with van der Waals surface area (Å²) in [4.78, 5) is 32.7. The fourth-order valence-electron chi connectivity index (χ4n) is 3.66. The zero-order valence-electron chi connectivity index (χ0n) is 21.7. The molecule has 0 fully saturated rings. The lowest BCUT2D eigenvalue weighted by molar-refractivity contribution is -0.137. The van der Waals surface area contributed by atoms with E-state index >= 15 is 0 Å². The smallest absolute Gasteiger partial charge is 0.382 e. The van der Waals surface area contributed by atoms with E-state index in [1.54, 1.807) is 20.8 Å². The lowest BCUT2D eigenvalue weighted by Gasteiger charge is -2.17. The quantitative estimate of drug-likeness (QED) is 0.148. The highest BCUT2D eigenvalue weighted by Crippen LogP contribution is 2.33. The van der Waals surface area contributed by atoms with Gasteiger partial charge in [-0.05, 0) is 61.0 Å². The van der Waals surface area contributed by atoms with Crippen LogP contribution in [0.4, 0.5) is 27.8 Å². The van der Waals surface area contributed by atoms with Crippen LogP contribution in [0.1, 0.15) is 41.5 Å². The molecule has 3 rings (SSSR count). The number of aromatic nitrogens is 2. The minimum atomic E-state index is -4.71. The summed E-state index contributed by atoms with van der Waals surface area (Å²) in [6.45, 7) is 5.12. The van der Waals surface area contributed by atoms with E-state index in [4.69, 9.17) is 16.5 Å².